The molecule has 1 aromatic heterocycles. The number of nitrogens with one attached hydrogen (secondary N) is 2. The SMILES string of the molecule is CC(C)(C)Nc1nc(Nc2cc(F)ccc2F)cc(C(F)(F)F)n1. The van der Waals surface area contributed by atoms with Gasteiger partial charge in [-0.05, 0) is 32.9 Å². The number of benzene rings is 1. The molecule has 1 heterocycles. The minimum atomic E-state index is -4.71. The molecule has 2 rings (SSSR count). The van der Waals surface area contributed by atoms with E-state index in [9.17, 15) is 22.0 Å². The lowest BCUT2D eigenvalue weighted by Crippen LogP contribution is -2.28. The van der Waals surface area contributed by atoms with Gasteiger partial charge in [-0.15, -0.1) is 0 Å². The Hall–Kier alpha value is -2.45. The third-order valence-electron chi connectivity index (χ3n) is 2.69. The summed E-state index contributed by atoms with van der Waals surface area (Å²) in [5.74, 6) is -2.16. The van der Waals surface area contributed by atoms with Gasteiger partial charge in [0.15, 0.2) is 5.69 Å². The van der Waals surface area contributed by atoms with Gasteiger partial charge in [-0.1, -0.05) is 0 Å². The number of hydrogen-bond acceptors (Lipinski definition) is 4. The molecule has 0 saturated heterocycles. The Kier molecular flexibility index (Phi) is 4.63. The van der Waals surface area contributed by atoms with Crippen molar-refractivity contribution in [2.75, 3.05) is 10.6 Å². The van der Waals surface area contributed by atoms with Crippen molar-refractivity contribution in [2.45, 2.75) is 32.5 Å². The quantitative estimate of drug-likeness (QED) is 0.789. The second-order valence-electron chi connectivity index (χ2n) is 6.08. The van der Waals surface area contributed by atoms with Crippen molar-refractivity contribution in [2.24, 2.45) is 0 Å². The molecule has 2 aromatic rings. The van der Waals surface area contributed by atoms with Gasteiger partial charge in [0, 0.05) is 17.7 Å². The van der Waals surface area contributed by atoms with E-state index < -0.39 is 29.0 Å². The minimum Gasteiger partial charge on any atom is -0.350 e. The minimum absolute atomic E-state index is 0.281. The van der Waals surface area contributed by atoms with Gasteiger partial charge in [-0.25, -0.2) is 13.8 Å². The molecule has 0 bridgehead atoms. The lowest BCUT2D eigenvalue weighted by atomic mass is 10.1. The lowest BCUT2D eigenvalue weighted by molar-refractivity contribution is -0.141. The highest BCUT2D eigenvalue weighted by Gasteiger charge is 2.34. The first-order valence-corrected chi connectivity index (χ1v) is 6.90. The Balaban J connectivity index is 2.44. The van der Waals surface area contributed by atoms with Crippen LogP contribution in [0.5, 0.6) is 0 Å². The Morgan fingerprint density at radius 1 is 0.958 bits per heavy atom. The number of aromatic nitrogens is 2. The Morgan fingerprint density at radius 2 is 1.62 bits per heavy atom. The van der Waals surface area contributed by atoms with Crippen molar-refractivity contribution in [3.8, 4) is 0 Å². The fourth-order valence-electron chi connectivity index (χ4n) is 1.78. The summed E-state index contributed by atoms with van der Waals surface area (Å²) in [6.45, 7) is 5.15. The van der Waals surface area contributed by atoms with Crippen LogP contribution < -0.4 is 10.6 Å². The van der Waals surface area contributed by atoms with Gasteiger partial charge in [-0.3, -0.25) is 0 Å². The fourth-order valence-corrected chi connectivity index (χ4v) is 1.78. The average molecular weight is 346 g/mol. The van der Waals surface area contributed by atoms with Crippen LogP contribution in [0.4, 0.5) is 39.4 Å². The summed E-state index contributed by atoms with van der Waals surface area (Å²) in [5, 5.41) is 5.06. The van der Waals surface area contributed by atoms with E-state index in [4.69, 9.17) is 0 Å². The Labute approximate surface area is 135 Å². The van der Waals surface area contributed by atoms with E-state index in [1.54, 1.807) is 20.8 Å². The summed E-state index contributed by atoms with van der Waals surface area (Å²) in [6, 6.07) is 3.20. The molecular weight excluding hydrogens is 331 g/mol. The van der Waals surface area contributed by atoms with Crippen molar-refractivity contribution >= 4 is 17.5 Å². The smallest absolute Gasteiger partial charge is 0.350 e. The summed E-state index contributed by atoms with van der Waals surface area (Å²) >= 11 is 0. The molecule has 0 spiro atoms. The number of alkyl halides is 3. The zero-order valence-corrected chi connectivity index (χ0v) is 13.1. The molecule has 0 aliphatic heterocycles. The van der Waals surface area contributed by atoms with Crippen molar-refractivity contribution in [3.63, 3.8) is 0 Å². The molecule has 0 saturated carbocycles. The monoisotopic (exact) mass is 346 g/mol. The van der Waals surface area contributed by atoms with E-state index in [0.717, 1.165) is 18.2 Å². The molecule has 4 nitrogen and oxygen atoms in total. The summed E-state index contributed by atoms with van der Waals surface area (Å²) in [7, 11) is 0. The van der Waals surface area contributed by atoms with Gasteiger partial charge in [0.2, 0.25) is 5.95 Å². The summed E-state index contributed by atoms with van der Waals surface area (Å²) in [4.78, 5) is 7.29. The van der Waals surface area contributed by atoms with Crippen LogP contribution in [-0.2, 0) is 6.18 Å². The standard InChI is InChI=1S/C15H15F5N4/c1-14(2,3)24-13-22-11(15(18,19)20)7-12(23-13)21-10-6-8(16)4-5-9(10)17/h4-7H,1-3H3,(H2,21,22,23,24). The van der Waals surface area contributed by atoms with Gasteiger partial charge in [0.1, 0.15) is 17.5 Å². The molecule has 0 radical (unpaired) electrons. The molecule has 130 valence electrons. The van der Waals surface area contributed by atoms with Crippen LogP contribution in [0.2, 0.25) is 0 Å². The highest BCUT2D eigenvalue weighted by atomic mass is 19.4. The molecule has 1 aromatic carbocycles. The van der Waals surface area contributed by atoms with Gasteiger partial charge >= 0.3 is 6.18 Å². The second-order valence-corrected chi connectivity index (χ2v) is 6.08. The summed E-state index contributed by atoms with van der Waals surface area (Å²) < 4.78 is 65.8. The molecule has 0 atom stereocenters. The topological polar surface area (TPSA) is 49.8 Å². The molecule has 0 fully saturated rings. The molecule has 9 heteroatoms. The number of nitrogens with zero attached hydrogens (tertiary/aromatic N) is 2. The first-order valence-electron chi connectivity index (χ1n) is 6.90. The molecule has 0 amide bonds. The maximum absolute atomic E-state index is 13.7. The molecule has 24 heavy (non-hydrogen) atoms. The van der Waals surface area contributed by atoms with Crippen LogP contribution in [0.1, 0.15) is 26.5 Å². The molecule has 0 unspecified atom stereocenters. The van der Waals surface area contributed by atoms with Crippen LogP contribution in [0, 0.1) is 11.6 Å². The summed E-state index contributed by atoms with van der Waals surface area (Å²) in [6.07, 6.45) is -4.71. The van der Waals surface area contributed by atoms with E-state index in [-0.39, 0.29) is 17.5 Å². The number of hydrogen-bond donors (Lipinski definition) is 2. The van der Waals surface area contributed by atoms with Crippen LogP contribution in [-0.4, -0.2) is 15.5 Å². The van der Waals surface area contributed by atoms with Crippen molar-refractivity contribution in [1.82, 2.24) is 9.97 Å². The Morgan fingerprint density at radius 3 is 2.21 bits per heavy atom. The van der Waals surface area contributed by atoms with E-state index >= 15 is 0 Å². The normalized spacial score (nSPS) is 12.2. The molecule has 0 aliphatic rings. The zero-order chi connectivity index (χ0) is 18.1. The first-order chi connectivity index (χ1) is 10.9. The maximum Gasteiger partial charge on any atom is 0.433 e. The van der Waals surface area contributed by atoms with Gasteiger partial charge in [0.05, 0.1) is 5.69 Å². The van der Waals surface area contributed by atoms with E-state index in [2.05, 4.69) is 20.6 Å². The van der Waals surface area contributed by atoms with E-state index in [1.807, 2.05) is 0 Å². The first kappa shape index (κ1) is 17.9. The third-order valence-corrected chi connectivity index (χ3v) is 2.69. The van der Waals surface area contributed by atoms with Gasteiger partial charge in [-0.2, -0.15) is 18.2 Å². The number of rotatable bonds is 3. The van der Waals surface area contributed by atoms with Crippen LogP contribution in [0.3, 0.4) is 0 Å². The molecule has 2 N–H and O–H groups in total. The second kappa shape index (κ2) is 6.21. The molecule has 0 aliphatic carbocycles. The predicted molar refractivity (Wildman–Crippen MR) is 80.1 cm³/mol. The van der Waals surface area contributed by atoms with Crippen LogP contribution in [0.15, 0.2) is 24.3 Å². The zero-order valence-electron chi connectivity index (χ0n) is 13.1. The number of halogens is 5. The highest BCUT2D eigenvalue weighted by Crippen LogP contribution is 2.31. The van der Waals surface area contributed by atoms with E-state index in [0.29, 0.717) is 6.07 Å². The van der Waals surface area contributed by atoms with Crippen molar-refractivity contribution in [3.05, 3.63) is 41.6 Å². The van der Waals surface area contributed by atoms with Crippen molar-refractivity contribution < 1.29 is 22.0 Å². The summed E-state index contributed by atoms with van der Waals surface area (Å²) in [5.41, 5.74) is -2.13. The lowest BCUT2D eigenvalue weighted by Gasteiger charge is -2.21. The fraction of sp³-hybridized carbons (Fsp3) is 0.333. The van der Waals surface area contributed by atoms with Crippen LogP contribution in [0.25, 0.3) is 0 Å². The largest absolute Gasteiger partial charge is 0.433 e. The average Bonchev–Trinajstić information content (AvgIpc) is 2.40. The maximum atomic E-state index is 13.7. The predicted octanol–water partition coefficient (Wildman–Crippen LogP) is 4.73. The Bertz CT molecular complexity index is 738. The van der Waals surface area contributed by atoms with Gasteiger partial charge in [0.25, 0.3) is 0 Å². The number of anilines is 3. The van der Waals surface area contributed by atoms with Gasteiger partial charge < -0.3 is 10.6 Å². The molecular formula is C15H15F5N4. The highest BCUT2D eigenvalue weighted by molar-refractivity contribution is 5.58. The van der Waals surface area contributed by atoms with Crippen LogP contribution >= 0.6 is 0 Å². The van der Waals surface area contributed by atoms with E-state index in [1.165, 1.54) is 0 Å². The van der Waals surface area contributed by atoms with Crippen molar-refractivity contribution in [1.29, 1.82) is 0 Å². The third kappa shape index (κ3) is 4.77.